The molecule has 0 saturated heterocycles. The number of nitrogens with zero attached hydrogens (tertiary/aromatic N) is 2. The van der Waals surface area contributed by atoms with E-state index in [0.717, 1.165) is 12.1 Å². The lowest BCUT2D eigenvalue weighted by Gasteiger charge is -2.19. The van der Waals surface area contributed by atoms with Crippen molar-refractivity contribution in [3.63, 3.8) is 0 Å². The molecule has 0 aliphatic heterocycles. The zero-order valence-electron chi connectivity index (χ0n) is 15.6. The Bertz CT molecular complexity index is 1070. The van der Waals surface area contributed by atoms with Gasteiger partial charge in [0.1, 0.15) is 5.82 Å². The van der Waals surface area contributed by atoms with E-state index in [1.807, 2.05) is 0 Å². The number of benzene rings is 2. The molecule has 0 amide bonds. The Kier molecular flexibility index (Phi) is 5.19. The molecule has 0 radical (unpaired) electrons. The van der Waals surface area contributed by atoms with Crippen molar-refractivity contribution < 1.29 is 17.6 Å². The molecule has 3 rings (SSSR count). The predicted octanol–water partition coefficient (Wildman–Crippen LogP) is 4.45. The quantitative estimate of drug-likeness (QED) is 0.470. The van der Waals surface area contributed by atoms with Crippen LogP contribution in [-0.4, -0.2) is 22.2 Å². The molecule has 3 aromatic rings. The highest BCUT2D eigenvalue weighted by molar-refractivity contribution is 5.78. The number of aromatic amines is 1. The third kappa shape index (κ3) is 4.15. The van der Waals surface area contributed by atoms with Gasteiger partial charge in [-0.2, -0.15) is 18.2 Å². The average Bonchev–Trinajstić information content (AvgIpc) is 3.05. The van der Waals surface area contributed by atoms with Crippen molar-refractivity contribution in [2.45, 2.75) is 13.1 Å². The number of aromatic nitrogens is 3. The van der Waals surface area contributed by atoms with Crippen LogP contribution in [0.3, 0.4) is 0 Å². The first-order chi connectivity index (χ1) is 13.6. The van der Waals surface area contributed by atoms with Crippen LogP contribution in [0, 0.1) is 12.7 Å². The topological polar surface area (TPSA) is 91.7 Å². The van der Waals surface area contributed by atoms with Gasteiger partial charge in [0.2, 0.25) is 11.9 Å². The van der Waals surface area contributed by atoms with Crippen LogP contribution in [0.4, 0.5) is 35.1 Å². The molecule has 1 aromatic heterocycles. The summed E-state index contributed by atoms with van der Waals surface area (Å²) in [6, 6.07) is 6.24. The van der Waals surface area contributed by atoms with Crippen molar-refractivity contribution in [1.29, 1.82) is 0 Å². The molecule has 2 aromatic carbocycles. The Hall–Kier alpha value is -3.56. The van der Waals surface area contributed by atoms with Crippen LogP contribution in [0.25, 0.3) is 16.8 Å². The lowest BCUT2D eigenvalue weighted by molar-refractivity contribution is -0.137. The number of halogens is 4. The first-order valence-electron chi connectivity index (χ1n) is 8.44. The van der Waals surface area contributed by atoms with E-state index in [0.29, 0.717) is 5.56 Å². The molecular formula is C19H18F4N6. The Labute approximate surface area is 163 Å². The lowest BCUT2D eigenvalue weighted by atomic mass is 9.92. The second-order valence-corrected chi connectivity index (χ2v) is 6.31. The number of H-pyrrole nitrogens is 1. The number of alkyl halides is 3. The summed E-state index contributed by atoms with van der Waals surface area (Å²) >= 11 is 0. The molecule has 0 atom stereocenters. The van der Waals surface area contributed by atoms with Gasteiger partial charge in [0.25, 0.3) is 0 Å². The van der Waals surface area contributed by atoms with E-state index < -0.39 is 17.6 Å². The smallest absolute Gasteiger partial charge is 0.388 e. The maximum atomic E-state index is 14.1. The minimum Gasteiger partial charge on any atom is -0.388 e. The third-order valence-electron chi connectivity index (χ3n) is 4.28. The van der Waals surface area contributed by atoms with E-state index in [4.69, 9.17) is 5.73 Å². The zero-order valence-corrected chi connectivity index (χ0v) is 15.6. The van der Waals surface area contributed by atoms with Gasteiger partial charge in [-0.3, -0.25) is 0 Å². The van der Waals surface area contributed by atoms with Crippen LogP contribution >= 0.6 is 0 Å². The van der Waals surface area contributed by atoms with Gasteiger partial charge in [0.15, 0.2) is 0 Å². The largest absolute Gasteiger partial charge is 0.417 e. The van der Waals surface area contributed by atoms with Crippen LogP contribution < -0.4 is 16.4 Å². The van der Waals surface area contributed by atoms with E-state index in [1.54, 1.807) is 7.05 Å². The van der Waals surface area contributed by atoms with Crippen molar-refractivity contribution in [1.82, 2.24) is 20.5 Å². The van der Waals surface area contributed by atoms with E-state index >= 15 is 0 Å². The second-order valence-electron chi connectivity index (χ2n) is 6.31. The van der Waals surface area contributed by atoms with Crippen LogP contribution in [-0.2, 0) is 6.18 Å². The first-order valence-corrected chi connectivity index (χ1v) is 8.44. The van der Waals surface area contributed by atoms with Crippen molar-refractivity contribution in [2.24, 2.45) is 0 Å². The number of anilines is 3. The Morgan fingerprint density at radius 3 is 2.52 bits per heavy atom. The molecule has 0 fully saturated rings. The summed E-state index contributed by atoms with van der Waals surface area (Å²) in [5.74, 6) is -0.516. The van der Waals surface area contributed by atoms with E-state index in [-0.39, 0.29) is 40.0 Å². The highest BCUT2D eigenvalue weighted by Crippen LogP contribution is 2.41. The molecule has 0 unspecified atom stereocenters. The molecule has 0 aliphatic carbocycles. The molecule has 0 bridgehead atoms. The summed E-state index contributed by atoms with van der Waals surface area (Å²) in [5, 5.41) is 11.5. The molecular weight excluding hydrogens is 388 g/mol. The molecule has 6 nitrogen and oxygen atoms in total. The van der Waals surface area contributed by atoms with E-state index in [2.05, 4.69) is 32.4 Å². The van der Waals surface area contributed by atoms with Gasteiger partial charge in [-0.25, -0.2) is 9.49 Å². The summed E-state index contributed by atoms with van der Waals surface area (Å²) in [6.07, 6.45) is -4.65. The van der Waals surface area contributed by atoms with Crippen molar-refractivity contribution in [3.05, 3.63) is 59.4 Å². The van der Waals surface area contributed by atoms with Gasteiger partial charge in [-0.1, -0.05) is 12.6 Å². The number of nitrogen functional groups attached to an aromatic ring is 1. The average molecular weight is 406 g/mol. The Morgan fingerprint density at radius 2 is 1.93 bits per heavy atom. The van der Waals surface area contributed by atoms with Crippen LogP contribution in [0.1, 0.15) is 16.7 Å². The highest BCUT2D eigenvalue weighted by Gasteiger charge is 2.35. The van der Waals surface area contributed by atoms with Crippen molar-refractivity contribution in [3.8, 4) is 11.1 Å². The maximum Gasteiger partial charge on any atom is 0.417 e. The minimum atomic E-state index is -4.65. The van der Waals surface area contributed by atoms with Crippen molar-refractivity contribution in [2.75, 3.05) is 18.1 Å². The lowest BCUT2D eigenvalue weighted by Crippen LogP contribution is -2.10. The molecule has 0 saturated carbocycles. The zero-order chi connectivity index (χ0) is 21.3. The molecule has 152 valence electrons. The number of hydrogen-bond acceptors (Lipinski definition) is 5. The summed E-state index contributed by atoms with van der Waals surface area (Å²) in [4.78, 5) is 3.82. The predicted molar refractivity (Wildman–Crippen MR) is 104 cm³/mol. The van der Waals surface area contributed by atoms with Gasteiger partial charge < -0.3 is 16.4 Å². The maximum absolute atomic E-state index is 14.1. The number of hydrogen-bond donors (Lipinski definition) is 4. The number of aryl methyl sites for hydroxylation is 1. The standard InChI is InChI=1S/C19H18F4N6/c1-9-6-12(26-18-27-17(24)28-29-18)8-14(19(21,22)23)16(9)11-4-5-15(20)13(7-11)10(2)25-3/h4-8,25H,2H2,1,3H3,(H4,24,26,27,28,29). The molecule has 1 heterocycles. The van der Waals surface area contributed by atoms with Gasteiger partial charge in [-0.15, -0.1) is 5.10 Å². The van der Waals surface area contributed by atoms with Crippen LogP contribution in [0.2, 0.25) is 0 Å². The normalized spacial score (nSPS) is 11.4. The van der Waals surface area contributed by atoms with Crippen LogP contribution in [0.15, 0.2) is 36.9 Å². The van der Waals surface area contributed by atoms with Gasteiger partial charge in [0, 0.05) is 24.0 Å². The molecule has 29 heavy (non-hydrogen) atoms. The summed E-state index contributed by atoms with van der Waals surface area (Å²) in [6.45, 7) is 5.22. The second kappa shape index (κ2) is 7.46. The number of rotatable bonds is 5. The minimum absolute atomic E-state index is 0.0282. The Morgan fingerprint density at radius 1 is 1.21 bits per heavy atom. The highest BCUT2D eigenvalue weighted by atomic mass is 19.4. The van der Waals surface area contributed by atoms with Gasteiger partial charge in [0.05, 0.1) is 5.56 Å². The monoisotopic (exact) mass is 406 g/mol. The fraction of sp³-hybridized carbons (Fsp3) is 0.158. The van der Waals surface area contributed by atoms with Crippen LogP contribution in [0.5, 0.6) is 0 Å². The Balaban J connectivity index is 2.15. The van der Waals surface area contributed by atoms with E-state index in [9.17, 15) is 17.6 Å². The van der Waals surface area contributed by atoms with Gasteiger partial charge >= 0.3 is 6.18 Å². The SMILES string of the molecule is C=C(NC)c1cc(-c2c(C)cc(Nc3n[nH]c(N)n3)cc2C(F)(F)F)ccc1F. The molecule has 5 N–H and O–H groups in total. The number of nitrogens with one attached hydrogen (secondary N) is 3. The fourth-order valence-electron chi connectivity index (χ4n) is 2.97. The van der Waals surface area contributed by atoms with E-state index in [1.165, 1.54) is 25.1 Å². The van der Waals surface area contributed by atoms with Crippen molar-refractivity contribution >= 4 is 23.3 Å². The van der Waals surface area contributed by atoms with Gasteiger partial charge in [-0.05, 0) is 47.9 Å². The molecule has 0 aliphatic rings. The summed E-state index contributed by atoms with van der Waals surface area (Å²) in [5.41, 5.74) is 5.54. The number of nitrogens with two attached hydrogens (primary N) is 1. The molecule has 10 heteroatoms. The first kappa shape index (κ1) is 20.2. The summed E-state index contributed by atoms with van der Waals surface area (Å²) in [7, 11) is 1.55. The summed E-state index contributed by atoms with van der Waals surface area (Å²) < 4.78 is 55.7. The third-order valence-corrected chi connectivity index (χ3v) is 4.28. The fourth-order valence-corrected chi connectivity index (χ4v) is 2.97. The molecule has 0 spiro atoms.